The van der Waals surface area contributed by atoms with Gasteiger partial charge in [0.2, 0.25) is 11.6 Å². The van der Waals surface area contributed by atoms with E-state index in [1.54, 1.807) is 0 Å². The fourth-order valence-corrected chi connectivity index (χ4v) is 1.61. The number of carbonyl (C=O) groups excluding carboxylic acids is 2. The van der Waals surface area contributed by atoms with Crippen LogP contribution >= 0.6 is 11.6 Å². The van der Waals surface area contributed by atoms with Crippen LogP contribution < -0.4 is 0 Å². The molecule has 1 aliphatic carbocycles. The van der Waals surface area contributed by atoms with E-state index in [0.717, 1.165) is 25.7 Å². The van der Waals surface area contributed by atoms with Crippen molar-refractivity contribution in [1.82, 2.24) is 0 Å². The molecule has 0 N–H and O–H groups in total. The minimum Gasteiger partial charge on any atom is -0.291 e. The van der Waals surface area contributed by atoms with Crippen LogP contribution in [0.1, 0.15) is 25.7 Å². The van der Waals surface area contributed by atoms with Gasteiger partial charge in [-0.2, -0.15) is 0 Å². The van der Waals surface area contributed by atoms with Gasteiger partial charge < -0.3 is 0 Å². The molecule has 1 fully saturated rings. The predicted octanol–water partition coefficient (Wildman–Crippen LogP) is 1.55. The number of ketones is 2. The van der Waals surface area contributed by atoms with Crippen molar-refractivity contribution in [2.75, 3.05) is 5.88 Å². The van der Waals surface area contributed by atoms with E-state index in [1.807, 2.05) is 0 Å². The molecule has 0 amide bonds. The summed E-state index contributed by atoms with van der Waals surface area (Å²) in [6.45, 7) is 0. The molecule has 0 atom stereocenters. The molecule has 2 nitrogen and oxygen atoms in total. The van der Waals surface area contributed by atoms with Gasteiger partial charge in [-0.25, -0.2) is 0 Å². The molecule has 11 heavy (non-hydrogen) atoms. The van der Waals surface area contributed by atoms with Gasteiger partial charge in [-0.05, 0) is 12.8 Å². The minimum absolute atomic E-state index is 0.0127. The Morgan fingerprint density at radius 1 is 1.27 bits per heavy atom. The molecule has 0 aromatic heterocycles. The van der Waals surface area contributed by atoms with Crippen molar-refractivity contribution in [2.45, 2.75) is 25.7 Å². The smallest absolute Gasteiger partial charge is 0.213 e. The Morgan fingerprint density at radius 2 is 1.82 bits per heavy atom. The van der Waals surface area contributed by atoms with Crippen LogP contribution in [0.25, 0.3) is 0 Å². The summed E-state index contributed by atoms with van der Waals surface area (Å²) >= 11 is 5.25. The Bertz CT molecular complexity index is 171. The third kappa shape index (κ3) is 2.03. The first-order chi connectivity index (χ1) is 5.25. The van der Waals surface area contributed by atoms with Crippen molar-refractivity contribution < 1.29 is 9.59 Å². The molecule has 1 saturated carbocycles. The van der Waals surface area contributed by atoms with E-state index in [-0.39, 0.29) is 17.6 Å². The van der Waals surface area contributed by atoms with Crippen LogP contribution in [0, 0.1) is 5.92 Å². The summed E-state index contributed by atoms with van der Waals surface area (Å²) < 4.78 is 0. The number of alkyl halides is 1. The summed E-state index contributed by atoms with van der Waals surface area (Å²) in [4.78, 5) is 22.0. The quantitative estimate of drug-likeness (QED) is 0.481. The molecule has 0 aromatic carbocycles. The Kier molecular flexibility index (Phi) is 3.06. The second kappa shape index (κ2) is 3.86. The fraction of sp³-hybridized carbons (Fsp3) is 0.750. The van der Waals surface area contributed by atoms with Crippen LogP contribution in [0.5, 0.6) is 0 Å². The summed E-state index contributed by atoms with van der Waals surface area (Å²) in [5, 5.41) is 0. The topological polar surface area (TPSA) is 34.1 Å². The third-order valence-electron chi connectivity index (χ3n) is 2.12. The highest BCUT2D eigenvalue weighted by Gasteiger charge is 2.26. The van der Waals surface area contributed by atoms with Gasteiger partial charge in [-0.3, -0.25) is 9.59 Å². The molecule has 0 heterocycles. The van der Waals surface area contributed by atoms with E-state index in [1.165, 1.54) is 0 Å². The molecule has 3 heteroatoms. The summed E-state index contributed by atoms with van der Waals surface area (Å²) in [5.41, 5.74) is 0. The number of halogens is 1. The summed E-state index contributed by atoms with van der Waals surface area (Å²) in [6.07, 6.45) is 3.90. The third-order valence-corrected chi connectivity index (χ3v) is 2.36. The predicted molar refractivity (Wildman–Crippen MR) is 42.7 cm³/mol. The lowest BCUT2D eigenvalue weighted by atomic mass is 10.0. The highest BCUT2D eigenvalue weighted by atomic mass is 35.5. The molecule has 0 bridgehead atoms. The van der Waals surface area contributed by atoms with Crippen LogP contribution in [-0.2, 0) is 9.59 Å². The van der Waals surface area contributed by atoms with Gasteiger partial charge in [0.1, 0.15) is 0 Å². The lowest BCUT2D eigenvalue weighted by Gasteiger charge is -2.03. The van der Waals surface area contributed by atoms with Gasteiger partial charge >= 0.3 is 0 Å². The number of hydrogen-bond donors (Lipinski definition) is 0. The average molecular weight is 175 g/mol. The van der Waals surface area contributed by atoms with Crippen LogP contribution in [0.15, 0.2) is 0 Å². The Labute approximate surface area is 70.9 Å². The first-order valence-electron chi connectivity index (χ1n) is 3.88. The Hall–Kier alpha value is -0.370. The van der Waals surface area contributed by atoms with Crippen molar-refractivity contribution in [3.8, 4) is 0 Å². The highest BCUT2D eigenvalue weighted by molar-refractivity contribution is 6.47. The summed E-state index contributed by atoms with van der Waals surface area (Å²) in [6, 6.07) is 0. The highest BCUT2D eigenvalue weighted by Crippen LogP contribution is 2.25. The van der Waals surface area contributed by atoms with E-state index >= 15 is 0 Å². The molecule has 0 spiro atoms. The van der Waals surface area contributed by atoms with Crippen LogP contribution in [0.2, 0.25) is 0 Å². The van der Waals surface area contributed by atoms with Crippen LogP contribution in [0.3, 0.4) is 0 Å². The maximum atomic E-state index is 11.1. The van der Waals surface area contributed by atoms with Gasteiger partial charge in [-0.15, -0.1) is 11.6 Å². The molecule has 0 aromatic rings. The molecule has 62 valence electrons. The molecular weight excluding hydrogens is 164 g/mol. The standard InChI is InChI=1S/C8H11ClO2/c9-5-7(10)8(11)6-3-1-2-4-6/h6H,1-5H2. The van der Waals surface area contributed by atoms with Gasteiger partial charge in [0, 0.05) is 5.92 Å². The fourth-order valence-electron chi connectivity index (χ4n) is 1.48. The van der Waals surface area contributed by atoms with Crippen LogP contribution in [0.4, 0.5) is 0 Å². The van der Waals surface area contributed by atoms with Crippen molar-refractivity contribution in [3.05, 3.63) is 0 Å². The summed E-state index contributed by atoms with van der Waals surface area (Å²) in [5.74, 6) is -0.840. The number of hydrogen-bond acceptors (Lipinski definition) is 2. The monoisotopic (exact) mass is 174 g/mol. The van der Waals surface area contributed by atoms with E-state index in [9.17, 15) is 9.59 Å². The molecule has 1 rings (SSSR count). The van der Waals surface area contributed by atoms with Crippen molar-refractivity contribution >= 4 is 23.2 Å². The Balaban J connectivity index is 2.46. The van der Waals surface area contributed by atoms with E-state index in [2.05, 4.69) is 0 Å². The minimum atomic E-state index is -0.418. The molecule has 0 saturated heterocycles. The van der Waals surface area contributed by atoms with Gasteiger partial charge in [-0.1, -0.05) is 12.8 Å². The number of rotatable bonds is 3. The zero-order valence-electron chi connectivity index (χ0n) is 6.31. The van der Waals surface area contributed by atoms with Gasteiger partial charge in [0.05, 0.1) is 5.88 Å². The number of carbonyl (C=O) groups is 2. The first kappa shape index (κ1) is 8.72. The second-order valence-corrected chi connectivity index (χ2v) is 3.17. The molecule has 0 unspecified atom stereocenters. The lowest BCUT2D eigenvalue weighted by molar-refractivity contribution is -0.137. The zero-order valence-corrected chi connectivity index (χ0v) is 7.06. The van der Waals surface area contributed by atoms with E-state index in [4.69, 9.17) is 11.6 Å². The van der Waals surface area contributed by atoms with Gasteiger partial charge in [0.25, 0.3) is 0 Å². The second-order valence-electron chi connectivity index (χ2n) is 2.90. The summed E-state index contributed by atoms with van der Waals surface area (Å²) in [7, 11) is 0. The van der Waals surface area contributed by atoms with E-state index < -0.39 is 5.78 Å². The largest absolute Gasteiger partial charge is 0.291 e. The van der Waals surface area contributed by atoms with Gasteiger partial charge in [0.15, 0.2) is 0 Å². The molecular formula is C8H11ClO2. The molecule has 0 aliphatic heterocycles. The SMILES string of the molecule is O=C(CCl)C(=O)C1CCCC1. The zero-order chi connectivity index (χ0) is 8.27. The van der Waals surface area contributed by atoms with Crippen LogP contribution in [-0.4, -0.2) is 17.4 Å². The lowest BCUT2D eigenvalue weighted by Crippen LogP contribution is -2.22. The first-order valence-corrected chi connectivity index (χ1v) is 4.42. The normalized spacial score (nSPS) is 18.6. The molecule has 0 radical (unpaired) electrons. The van der Waals surface area contributed by atoms with E-state index in [0.29, 0.717) is 0 Å². The van der Waals surface area contributed by atoms with Crippen molar-refractivity contribution in [1.29, 1.82) is 0 Å². The Morgan fingerprint density at radius 3 is 2.27 bits per heavy atom. The molecule has 1 aliphatic rings. The maximum absolute atomic E-state index is 11.1. The van der Waals surface area contributed by atoms with Crippen molar-refractivity contribution in [2.24, 2.45) is 5.92 Å². The van der Waals surface area contributed by atoms with Crippen molar-refractivity contribution in [3.63, 3.8) is 0 Å². The average Bonchev–Trinajstić information content (AvgIpc) is 2.53. The number of Topliss-reactive ketones (excluding diaryl/α,β-unsaturated/α-hetero) is 2. The maximum Gasteiger partial charge on any atom is 0.213 e.